The molecule has 0 aliphatic heterocycles. The second-order valence-electron chi connectivity index (χ2n) is 3.84. The third kappa shape index (κ3) is 11.9. The van der Waals surface area contributed by atoms with E-state index in [1.807, 2.05) is 7.05 Å². The molecule has 86 valence electrons. The Bertz CT molecular complexity index is 84.3. The van der Waals surface area contributed by atoms with Crippen molar-refractivity contribution in [3.63, 3.8) is 0 Å². The van der Waals surface area contributed by atoms with Gasteiger partial charge in [-0.15, -0.1) is 0 Å². The number of hydrogen-bond donors (Lipinski definition) is 1. The van der Waals surface area contributed by atoms with Crippen LogP contribution in [0.4, 0.5) is 0 Å². The SMILES string of the molecule is CCCCCCOCCCCCNC. The van der Waals surface area contributed by atoms with Crippen LogP contribution in [-0.2, 0) is 4.74 Å². The fraction of sp³-hybridized carbons (Fsp3) is 1.00. The largest absolute Gasteiger partial charge is 0.381 e. The predicted molar refractivity (Wildman–Crippen MR) is 62.7 cm³/mol. The van der Waals surface area contributed by atoms with Crippen molar-refractivity contribution in [2.75, 3.05) is 26.8 Å². The first kappa shape index (κ1) is 13.9. The van der Waals surface area contributed by atoms with Crippen molar-refractivity contribution in [2.24, 2.45) is 0 Å². The molecule has 0 amide bonds. The monoisotopic (exact) mass is 201 g/mol. The third-order valence-electron chi connectivity index (χ3n) is 2.36. The van der Waals surface area contributed by atoms with Gasteiger partial charge in [0.2, 0.25) is 0 Å². The lowest BCUT2D eigenvalue weighted by Gasteiger charge is -2.03. The zero-order valence-electron chi connectivity index (χ0n) is 9.98. The summed E-state index contributed by atoms with van der Waals surface area (Å²) in [4.78, 5) is 0. The summed E-state index contributed by atoms with van der Waals surface area (Å²) in [6, 6.07) is 0. The van der Waals surface area contributed by atoms with Crippen LogP contribution in [0.3, 0.4) is 0 Å². The Morgan fingerprint density at radius 3 is 2.07 bits per heavy atom. The van der Waals surface area contributed by atoms with E-state index in [0.29, 0.717) is 0 Å². The van der Waals surface area contributed by atoms with E-state index in [-0.39, 0.29) is 0 Å². The minimum atomic E-state index is 0.954. The summed E-state index contributed by atoms with van der Waals surface area (Å²) < 4.78 is 5.54. The molecule has 0 aromatic carbocycles. The number of ether oxygens (including phenoxy) is 1. The topological polar surface area (TPSA) is 21.3 Å². The second-order valence-corrected chi connectivity index (χ2v) is 3.84. The van der Waals surface area contributed by atoms with E-state index in [4.69, 9.17) is 4.74 Å². The third-order valence-corrected chi connectivity index (χ3v) is 2.36. The summed E-state index contributed by atoms with van der Waals surface area (Å²) in [7, 11) is 2.00. The highest BCUT2D eigenvalue weighted by Gasteiger charge is 1.90. The molecule has 0 aliphatic rings. The molecular formula is C12H27NO. The highest BCUT2D eigenvalue weighted by Crippen LogP contribution is 2.00. The first-order valence-corrected chi connectivity index (χ1v) is 6.14. The summed E-state index contributed by atoms with van der Waals surface area (Å²) in [5.74, 6) is 0. The van der Waals surface area contributed by atoms with Crippen molar-refractivity contribution >= 4 is 0 Å². The molecule has 0 aliphatic carbocycles. The van der Waals surface area contributed by atoms with Crippen LogP contribution in [-0.4, -0.2) is 26.8 Å². The Hall–Kier alpha value is -0.0800. The van der Waals surface area contributed by atoms with Gasteiger partial charge in [0.25, 0.3) is 0 Å². The minimum Gasteiger partial charge on any atom is -0.381 e. The van der Waals surface area contributed by atoms with Crippen molar-refractivity contribution in [1.82, 2.24) is 5.32 Å². The van der Waals surface area contributed by atoms with Crippen LogP contribution in [0.15, 0.2) is 0 Å². The lowest BCUT2D eigenvalue weighted by molar-refractivity contribution is 0.126. The molecule has 0 aromatic heterocycles. The van der Waals surface area contributed by atoms with Crippen LogP contribution < -0.4 is 5.32 Å². The van der Waals surface area contributed by atoms with Crippen molar-refractivity contribution in [2.45, 2.75) is 51.9 Å². The molecule has 0 bridgehead atoms. The number of rotatable bonds is 11. The van der Waals surface area contributed by atoms with Gasteiger partial charge in [-0.25, -0.2) is 0 Å². The van der Waals surface area contributed by atoms with Crippen LogP contribution in [0.5, 0.6) is 0 Å². The molecule has 0 rings (SSSR count). The van der Waals surface area contributed by atoms with E-state index in [0.717, 1.165) is 19.8 Å². The van der Waals surface area contributed by atoms with Gasteiger partial charge >= 0.3 is 0 Å². The van der Waals surface area contributed by atoms with Crippen LogP contribution in [0.25, 0.3) is 0 Å². The minimum absolute atomic E-state index is 0.954. The molecular weight excluding hydrogens is 174 g/mol. The second kappa shape index (κ2) is 12.9. The standard InChI is InChI=1S/C12H27NO/c1-3-4-5-8-11-14-12-9-6-7-10-13-2/h13H,3-12H2,1-2H3. The van der Waals surface area contributed by atoms with Crippen molar-refractivity contribution in [1.29, 1.82) is 0 Å². The Labute approximate surface area is 89.4 Å². The maximum Gasteiger partial charge on any atom is 0.0466 e. The first-order valence-electron chi connectivity index (χ1n) is 6.14. The van der Waals surface area contributed by atoms with Gasteiger partial charge in [0.15, 0.2) is 0 Å². The van der Waals surface area contributed by atoms with E-state index in [1.165, 1.54) is 44.9 Å². The average molecular weight is 201 g/mol. The molecule has 2 nitrogen and oxygen atoms in total. The quantitative estimate of drug-likeness (QED) is 0.519. The van der Waals surface area contributed by atoms with E-state index >= 15 is 0 Å². The molecule has 0 saturated heterocycles. The molecule has 0 atom stereocenters. The van der Waals surface area contributed by atoms with Gasteiger partial charge in [0.05, 0.1) is 0 Å². The summed E-state index contributed by atoms with van der Waals surface area (Å²) in [5.41, 5.74) is 0. The van der Waals surface area contributed by atoms with Gasteiger partial charge < -0.3 is 10.1 Å². The normalized spacial score (nSPS) is 10.7. The van der Waals surface area contributed by atoms with Gasteiger partial charge in [-0.1, -0.05) is 26.2 Å². The van der Waals surface area contributed by atoms with Crippen molar-refractivity contribution in [3.05, 3.63) is 0 Å². The van der Waals surface area contributed by atoms with Gasteiger partial charge in [-0.2, -0.15) is 0 Å². The Balaban J connectivity index is 2.78. The molecule has 0 fully saturated rings. The van der Waals surface area contributed by atoms with Crippen LogP contribution in [0.2, 0.25) is 0 Å². The maximum absolute atomic E-state index is 5.54. The molecule has 0 radical (unpaired) electrons. The average Bonchev–Trinajstić information content (AvgIpc) is 2.21. The van der Waals surface area contributed by atoms with Crippen LogP contribution >= 0.6 is 0 Å². The molecule has 2 heteroatoms. The van der Waals surface area contributed by atoms with E-state index in [9.17, 15) is 0 Å². The summed E-state index contributed by atoms with van der Waals surface area (Å²) >= 11 is 0. The van der Waals surface area contributed by atoms with Gasteiger partial charge in [-0.05, 0) is 39.3 Å². The lowest BCUT2D eigenvalue weighted by Crippen LogP contribution is -2.07. The van der Waals surface area contributed by atoms with Gasteiger partial charge in [0.1, 0.15) is 0 Å². The summed E-state index contributed by atoms with van der Waals surface area (Å²) in [6.45, 7) is 5.29. The highest BCUT2D eigenvalue weighted by atomic mass is 16.5. The fourth-order valence-corrected chi connectivity index (χ4v) is 1.42. The molecule has 1 N–H and O–H groups in total. The number of nitrogens with one attached hydrogen (secondary N) is 1. The van der Waals surface area contributed by atoms with Crippen molar-refractivity contribution in [3.8, 4) is 0 Å². The Kier molecular flexibility index (Phi) is 12.8. The smallest absolute Gasteiger partial charge is 0.0466 e. The summed E-state index contributed by atoms with van der Waals surface area (Å²) in [5, 5.41) is 3.15. The fourth-order valence-electron chi connectivity index (χ4n) is 1.42. The van der Waals surface area contributed by atoms with E-state index in [1.54, 1.807) is 0 Å². The summed E-state index contributed by atoms with van der Waals surface area (Å²) in [6.07, 6.45) is 9.01. The maximum atomic E-state index is 5.54. The van der Waals surface area contributed by atoms with Crippen LogP contribution in [0, 0.1) is 0 Å². The highest BCUT2D eigenvalue weighted by molar-refractivity contribution is 4.44. The van der Waals surface area contributed by atoms with Crippen LogP contribution in [0.1, 0.15) is 51.9 Å². The predicted octanol–water partition coefficient (Wildman–Crippen LogP) is 2.97. The van der Waals surface area contributed by atoms with E-state index < -0.39 is 0 Å². The lowest BCUT2D eigenvalue weighted by atomic mass is 10.2. The molecule has 14 heavy (non-hydrogen) atoms. The Morgan fingerprint density at radius 1 is 0.857 bits per heavy atom. The number of hydrogen-bond acceptors (Lipinski definition) is 2. The molecule has 0 unspecified atom stereocenters. The van der Waals surface area contributed by atoms with Gasteiger partial charge in [0, 0.05) is 13.2 Å². The van der Waals surface area contributed by atoms with Gasteiger partial charge in [-0.3, -0.25) is 0 Å². The van der Waals surface area contributed by atoms with E-state index in [2.05, 4.69) is 12.2 Å². The molecule has 0 aromatic rings. The van der Waals surface area contributed by atoms with Crippen molar-refractivity contribution < 1.29 is 4.74 Å². The zero-order valence-corrected chi connectivity index (χ0v) is 9.98. The first-order chi connectivity index (χ1) is 6.91. The molecule has 0 spiro atoms. The molecule has 0 saturated carbocycles. The Morgan fingerprint density at radius 2 is 1.50 bits per heavy atom. The number of unbranched alkanes of at least 4 members (excludes halogenated alkanes) is 5. The zero-order chi connectivity index (χ0) is 10.5. The molecule has 0 heterocycles.